The zero-order valence-electron chi connectivity index (χ0n) is 9.91. The summed E-state index contributed by atoms with van der Waals surface area (Å²) >= 11 is 0. The van der Waals surface area contributed by atoms with Crippen LogP contribution in [0.3, 0.4) is 0 Å². The Hall–Kier alpha value is -1.91. The average Bonchev–Trinajstić information content (AvgIpc) is 2.75. The summed E-state index contributed by atoms with van der Waals surface area (Å²) in [7, 11) is 0. The highest BCUT2D eigenvalue weighted by Crippen LogP contribution is 2.09. The third kappa shape index (κ3) is 3.86. The molecule has 17 heavy (non-hydrogen) atoms. The molecule has 5 nitrogen and oxygen atoms in total. The lowest BCUT2D eigenvalue weighted by molar-refractivity contribution is -0.143. The fourth-order valence-corrected chi connectivity index (χ4v) is 1.35. The van der Waals surface area contributed by atoms with E-state index in [-0.39, 0.29) is 30.4 Å². The molecule has 0 fully saturated rings. The molecule has 0 saturated heterocycles. The quantitative estimate of drug-likeness (QED) is 0.604. The van der Waals surface area contributed by atoms with Gasteiger partial charge in [0.05, 0.1) is 18.7 Å². The maximum absolute atomic E-state index is 11.7. The van der Waals surface area contributed by atoms with E-state index in [2.05, 4.69) is 4.98 Å². The topological polar surface area (TPSA) is 76.2 Å². The maximum Gasteiger partial charge on any atom is 0.306 e. The Morgan fingerprint density at radius 1 is 1.29 bits per heavy atom. The Kier molecular flexibility index (Phi) is 4.63. The van der Waals surface area contributed by atoms with Crippen molar-refractivity contribution in [1.29, 1.82) is 0 Å². The smallest absolute Gasteiger partial charge is 0.306 e. The number of ether oxygens (including phenoxy) is 1. The van der Waals surface area contributed by atoms with Crippen LogP contribution < -0.4 is 0 Å². The van der Waals surface area contributed by atoms with E-state index in [1.165, 1.54) is 19.2 Å². The first kappa shape index (κ1) is 13.2. The van der Waals surface area contributed by atoms with Crippen molar-refractivity contribution in [2.45, 2.75) is 26.7 Å². The van der Waals surface area contributed by atoms with Gasteiger partial charge in [0.2, 0.25) is 0 Å². The second kappa shape index (κ2) is 5.98. The summed E-state index contributed by atoms with van der Waals surface area (Å²) in [6.45, 7) is 3.44. The zero-order chi connectivity index (χ0) is 12.8. The van der Waals surface area contributed by atoms with Gasteiger partial charge < -0.3 is 9.72 Å². The van der Waals surface area contributed by atoms with Gasteiger partial charge in [-0.05, 0) is 13.0 Å². The van der Waals surface area contributed by atoms with E-state index in [9.17, 15) is 14.4 Å². The van der Waals surface area contributed by atoms with Crippen LogP contribution in [0.1, 0.15) is 47.5 Å². The number of aromatic amines is 1. The number of hydrogen-bond donors (Lipinski definition) is 1. The summed E-state index contributed by atoms with van der Waals surface area (Å²) in [4.78, 5) is 36.4. The Labute approximate surface area is 99.2 Å². The van der Waals surface area contributed by atoms with Gasteiger partial charge in [-0.15, -0.1) is 0 Å². The minimum atomic E-state index is -0.386. The third-order valence-electron chi connectivity index (χ3n) is 2.25. The molecule has 1 aromatic heterocycles. The van der Waals surface area contributed by atoms with Crippen LogP contribution in [-0.4, -0.2) is 29.1 Å². The summed E-state index contributed by atoms with van der Waals surface area (Å²) < 4.78 is 4.72. The predicted octanol–water partition coefficient (Wildman–Crippen LogP) is 1.74. The standard InChI is InChI=1S/C12H15NO4/c1-3-17-12(16)5-4-11(15)9-6-10(8(2)14)13-7-9/h6-7,13H,3-5H2,1-2H3. The maximum atomic E-state index is 11.7. The van der Waals surface area contributed by atoms with E-state index in [1.807, 2.05) is 0 Å². The van der Waals surface area contributed by atoms with Gasteiger partial charge in [-0.2, -0.15) is 0 Å². The molecule has 0 atom stereocenters. The molecule has 0 aromatic carbocycles. The molecule has 0 aliphatic carbocycles. The van der Waals surface area contributed by atoms with Crippen LogP contribution >= 0.6 is 0 Å². The minimum absolute atomic E-state index is 0.0628. The molecule has 1 rings (SSSR count). The molecule has 1 heterocycles. The first-order chi connectivity index (χ1) is 8.04. The third-order valence-corrected chi connectivity index (χ3v) is 2.25. The number of rotatable bonds is 6. The Morgan fingerprint density at radius 3 is 2.53 bits per heavy atom. The molecular weight excluding hydrogens is 222 g/mol. The highest BCUT2D eigenvalue weighted by Gasteiger charge is 2.12. The molecular formula is C12H15NO4. The molecule has 5 heteroatoms. The lowest BCUT2D eigenvalue weighted by atomic mass is 10.1. The van der Waals surface area contributed by atoms with Gasteiger partial charge in [-0.25, -0.2) is 0 Å². The van der Waals surface area contributed by atoms with Gasteiger partial charge in [0.25, 0.3) is 0 Å². The Bertz CT molecular complexity index is 433. The van der Waals surface area contributed by atoms with Crippen LogP contribution in [0.15, 0.2) is 12.3 Å². The molecule has 0 radical (unpaired) electrons. The van der Waals surface area contributed by atoms with Crippen molar-refractivity contribution in [2.24, 2.45) is 0 Å². The van der Waals surface area contributed by atoms with Gasteiger partial charge in [0, 0.05) is 25.1 Å². The van der Waals surface area contributed by atoms with E-state index in [0.717, 1.165) is 0 Å². The molecule has 0 unspecified atom stereocenters. The van der Waals surface area contributed by atoms with Gasteiger partial charge >= 0.3 is 5.97 Å². The number of esters is 1. The van der Waals surface area contributed by atoms with Crippen LogP contribution in [-0.2, 0) is 9.53 Å². The van der Waals surface area contributed by atoms with E-state index < -0.39 is 0 Å². The van der Waals surface area contributed by atoms with Crippen molar-refractivity contribution in [3.8, 4) is 0 Å². The number of carbonyl (C=O) groups excluding carboxylic acids is 3. The summed E-state index contributed by atoms with van der Waals surface area (Å²) in [5.41, 5.74) is 0.809. The summed E-state index contributed by atoms with van der Waals surface area (Å²) in [6, 6.07) is 1.50. The number of carbonyl (C=O) groups is 3. The summed E-state index contributed by atoms with van der Waals surface area (Å²) in [6.07, 6.45) is 1.63. The van der Waals surface area contributed by atoms with Crippen LogP contribution in [0.5, 0.6) is 0 Å². The number of aromatic nitrogens is 1. The number of H-pyrrole nitrogens is 1. The molecule has 0 bridgehead atoms. The summed E-state index contributed by atoms with van der Waals surface area (Å²) in [5, 5.41) is 0. The first-order valence-corrected chi connectivity index (χ1v) is 5.42. The van der Waals surface area contributed by atoms with Crippen molar-refractivity contribution < 1.29 is 19.1 Å². The van der Waals surface area contributed by atoms with Gasteiger partial charge in [-0.1, -0.05) is 0 Å². The van der Waals surface area contributed by atoms with Gasteiger partial charge in [0.1, 0.15) is 0 Å². The second-order valence-corrected chi connectivity index (χ2v) is 3.59. The second-order valence-electron chi connectivity index (χ2n) is 3.59. The highest BCUT2D eigenvalue weighted by molar-refractivity contribution is 6.00. The normalized spacial score (nSPS) is 10.0. The number of hydrogen-bond acceptors (Lipinski definition) is 4. The fourth-order valence-electron chi connectivity index (χ4n) is 1.35. The van der Waals surface area contributed by atoms with Crippen molar-refractivity contribution in [3.63, 3.8) is 0 Å². The van der Waals surface area contributed by atoms with Gasteiger partial charge in [0.15, 0.2) is 11.6 Å². The SMILES string of the molecule is CCOC(=O)CCC(=O)c1c[nH]c(C(C)=O)c1. The zero-order valence-corrected chi connectivity index (χ0v) is 9.91. The molecule has 1 N–H and O–H groups in total. The van der Waals surface area contributed by atoms with E-state index in [1.54, 1.807) is 6.92 Å². The van der Waals surface area contributed by atoms with Crippen molar-refractivity contribution in [1.82, 2.24) is 4.98 Å². The van der Waals surface area contributed by atoms with Crippen molar-refractivity contribution in [3.05, 3.63) is 23.5 Å². The lowest BCUT2D eigenvalue weighted by Crippen LogP contribution is -2.07. The largest absolute Gasteiger partial charge is 0.466 e. The lowest BCUT2D eigenvalue weighted by Gasteiger charge is -1.99. The molecule has 0 amide bonds. The molecule has 0 saturated carbocycles. The fraction of sp³-hybridized carbons (Fsp3) is 0.417. The van der Waals surface area contributed by atoms with Crippen molar-refractivity contribution >= 4 is 17.5 Å². The van der Waals surface area contributed by atoms with Crippen LogP contribution in [0, 0.1) is 0 Å². The first-order valence-electron chi connectivity index (χ1n) is 5.42. The van der Waals surface area contributed by atoms with Crippen molar-refractivity contribution in [2.75, 3.05) is 6.61 Å². The molecule has 0 aliphatic heterocycles. The van der Waals surface area contributed by atoms with Gasteiger partial charge in [-0.3, -0.25) is 14.4 Å². The predicted molar refractivity (Wildman–Crippen MR) is 61.0 cm³/mol. The highest BCUT2D eigenvalue weighted by atomic mass is 16.5. The van der Waals surface area contributed by atoms with E-state index in [0.29, 0.717) is 17.9 Å². The average molecular weight is 237 g/mol. The summed E-state index contributed by atoms with van der Waals surface area (Å²) in [5.74, 6) is -0.695. The number of Topliss-reactive ketones (excluding diaryl/α,β-unsaturated/α-hetero) is 2. The molecule has 0 aliphatic rings. The number of nitrogens with one attached hydrogen (secondary N) is 1. The molecule has 92 valence electrons. The van der Waals surface area contributed by atoms with Crippen LogP contribution in [0.25, 0.3) is 0 Å². The van der Waals surface area contributed by atoms with Crippen LogP contribution in [0.4, 0.5) is 0 Å². The Balaban J connectivity index is 2.52. The van der Waals surface area contributed by atoms with E-state index in [4.69, 9.17) is 4.74 Å². The van der Waals surface area contributed by atoms with Crippen LogP contribution in [0.2, 0.25) is 0 Å². The number of ketones is 2. The van der Waals surface area contributed by atoms with E-state index >= 15 is 0 Å². The Morgan fingerprint density at radius 2 is 2.00 bits per heavy atom. The monoisotopic (exact) mass is 237 g/mol. The molecule has 1 aromatic rings. The molecule has 0 spiro atoms. The minimum Gasteiger partial charge on any atom is -0.466 e.